The third-order valence-electron chi connectivity index (χ3n) is 3.33. The maximum absolute atomic E-state index is 11.2. The summed E-state index contributed by atoms with van der Waals surface area (Å²) in [5, 5.41) is 0. The van der Waals surface area contributed by atoms with Crippen molar-refractivity contribution in [3.63, 3.8) is 0 Å². The van der Waals surface area contributed by atoms with Gasteiger partial charge in [-0.05, 0) is 12.5 Å². The molecule has 0 aliphatic rings. The number of benzene rings is 1. The van der Waals surface area contributed by atoms with Crippen molar-refractivity contribution in [2.75, 3.05) is 0 Å². The van der Waals surface area contributed by atoms with Crippen molar-refractivity contribution >= 4 is 11.6 Å². The molecule has 0 heterocycles. The molecule has 3 aromatic rings. The van der Waals surface area contributed by atoms with Crippen molar-refractivity contribution in [1.29, 1.82) is 0 Å². The van der Waals surface area contributed by atoms with E-state index in [9.17, 15) is 9.59 Å². The third kappa shape index (κ3) is 5.48. The van der Waals surface area contributed by atoms with Crippen LogP contribution in [0.15, 0.2) is 72.8 Å². The van der Waals surface area contributed by atoms with E-state index in [1.54, 1.807) is 13.8 Å². The van der Waals surface area contributed by atoms with E-state index in [0.29, 0.717) is 0 Å². The standard InChI is InChI=1S/C13H11O.C7H7O.Fe/c1-10(14)12-7-4-8-13(9-12)11-5-2-3-6-11;1-6(8)7-4-2-3-5-7;/h2-9H,1H3;2-5H,1H3;/q-1;-5;. The molecule has 0 N–H and O–H groups in total. The number of carbonyl (C=O) groups excluding carboxylic acids is 2. The van der Waals surface area contributed by atoms with Crippen LogP contribution >= 0.6 is 0 Å². The van der Waals surface area contributed by atoms with E-state index in [1.807, 2.05) is 72.8 Å². The summed E-state index contributed by atoms with van der Waals surface area (Å²) in [6, 6.07) is 23.1. The summed E-state index contributed by atoms with van der Waals surface area (Å²) in [6.07, 6.45) is 0. The van der Waals surface area contributed by atoms with Gasteiger partial charge in [0.25, 0.3) is 0 Å². The zero-order valence-corrected chi connectivity index (χ0v) is 14.2. The molecule has 0 saturated heterocycles. The van der Waals surface area contributed by atoms with Crippen LogP contribution in [0.25, 0.3) is 11.1 Å². The molecule has 23 heavy (non-hydrogen) atoms. The molecule has 0 fully saturated rings. The molecule has 0 aliphatic carbocycles. The maximum Gasteiger partial charge on any atom is 0.152 e. The van der Waals surface area contributed by atoms with Crippen LogP contribution in [0.3, 0.4) is 0 Å². The predicted octanol–water partition coefficient (Wildman–Crippen LogP) is 4.88. The zero-order valence-electron chi connectivity index (χ0n) is 13.1. The molecule has 0 bridgehead atoms. The number of hydrogen-bond donors (Lipinski definition) is 0. The molecule has 3 rings (SSSR count). The number of carbonyl (C=O) groups is 2. The molecule has 0 aromatic heterocycles. The van der Waals surface area contributed by atoms with E-state index in [0.717, 1.165) is 22.3 Å². The van der Waals surface area contributed by atoms with Gasteiger partial charge < -0.3 is 34.6 Å². The van der Waals surface area contributed by atoms with Gasteiger partial charge in [-0.3, -0.25) is 10.6 Å². The summed E-state index contributed by atoms with van der Waals surface area (Å²) in [5.74, 6) is 0.244. The first-order valence-corrected chi connectivity index (χ1v) is 7.13. The maximum atomic E-state index is 11.2. The van der Waals surface area contributed by atoms with Crippen molar-refractivity contribution in [2.24, 2.45) is 0 Å². The van der Waals surface area contributed by atoms with E-state index >= 15 is 0 Å². The van der Waals surface area contributed by atoms with Crippen LogP contribution in [-0.2, 0) is 17.1 Å². The molecule has 0 amide bonds. The topological polar surface area (TPSA) is 34.1 Å². The van der Waals surface area contributed by atoms with Crippen LogP contribution in [0.2, 0.25) is 0 Å². The Morgan fingerprint density at radius 2 is 1.57 bits per heavy atom. The molecular weight excluding hydrogens is 328 g/mol. The molecule has 0 spiro atoms. The van der Waals surface area contributed by atoms with Gasteiger partial charge in [0.05, 0.1) is 0 Å². The van der Waals surface area contributed by atoms with Crippen LogP contribution < -0.4 is 0 Å². The Morgan fingerprint density at radius 1 is 0.957 bits per heavy atom. The molecule has 0 radical (unpaired) electrons. The second-order valence-corrected chi connectivity index (χ2v) is 5.04. The van der Waals surface area contributed by atoms with E-state index in [4.69, 9.17) is 0 Å². The van der Waals surface area contributed by atoms with Crippen LogP contribution in [0.1, 0.15) is 34.6 Å². The van der Waals surface area contributed by atoms with Crippen molar-refractivity contribution < 1.29 is 26.7 Å². The SMILES string of the molecule is CC(=O)[c-]1[cH-][cH-][cH-][cH-]1.CC(=O)c1cccc(-[c-]2cccc2)c1.[Fe]. The van der Waals surface area contributed by atoms with Gasteiger partial charge in [-0.15, -0.1) is 36.8 Å². The summed E-state index contributed by atoms with van der Waals surface area (Å²) >= 11 is 0. The average Bonchev–Trinajstić information content (AvgIpc) is 3.21. The van der Waals surface area contributed by atoms with Crippen molar-refractivity contribution in [3.8, 4) is 11.1 Å². The molecule has 0 atom stereocenters. The van der Waals surface area contributed by atoms with Crippen molar-refractivity contribution in [3.05, 3.63) is 83.9 Å². The van der Waals surface area contributed by atoms with Crippen LogP contribution in [0.4, 0.5) is 0 Å². The summed E-state index contributed by atoms with van der Waals surface area (Å²) in [4.78, 5) is 21.7. The fourth-order valence-corrected chi connectivity index (χ4v) is 2.09. The van der Waals surface area contributed by atoms with E-state index in [-0.39, 0.29) is 28.6 Å². The fourth-order valence-electron chi connectivity index (χ4n) is 2.09. The van der Waals surface area contributed by atoms with Crippen LogP contribution in [0.5, 0.6) is 0 Å². The largest absolute Gasteiger partial charge is 0.718 e. The Balaban J connectivity index is 0.000000253. The minimum atomic E-state index is 0. The first-order chi connectivity index (χ1) is 10.6. The Hall–Kier alpha value is -2.22. The second-order valence-electron chi connectivity index (χ2n) is 5.04. The van der Waals surface area contributed by atoms with Gasteiger partial charge in [-0.25, -0.2) is 0 Å². The van der Waals surface area contributed by atoms with E-state index < -0.39 is 0 Å². The third-order valence-corrected chi connectivity index (χ3v) is 3.33. The molecule has 0 aliphatic heterocycles. The number of rotatable bonds is 3. The Kier molecular flexibility index (Phi) is 7.40. The number of ketones is 2. The number of hydrogen-bond acceptors (Lipinski definition) is 2. The minimum absolute atomic E-state index is 0. The summed E-state index contributed by atoms with van der Waals surface area (Å²) in [7, 11) is 0. The Bertz CT molecular complexity index is 738. The van der Waals surface area contributed by atoms with Gasteiger partial charge in [0, 0.05) is 17.1 Å². The quantitative estimate of drug-likeness (QED) is 0.385. The normalized spacial score (nSPS) is 9.30. The van der Waals surface area contributed by atoms with Gasteiger partial charge in [0.1, 0.15) is 0 Å². The Morgan fingerprint density at radius 3 is 2.04 bits per heavy atom. The van der Waals surface area contributed by atoms with Gasteiger partial charge in [0.15, 0.2) is 5.78 Å². The van der Waals surface area contributed by atoms with Gasteiger partial charge >= 0.3 is 0 Å². The zero-order chi connectivity index (χ0) is 15.9. The smallest absolute Gasteiger partial charge is 0.152 e. The Labute approximate surface area is 147 Å². The first kappa shape index (κ1) is 18.8. The van der Waals surface area contributed by atoms with Gasteiger partial charge in [0.2, 0.25) is 0 Å². The van der Waals surface area contributed by atoms with Crippen LogP contribution in [-0.4, -0.2) is 11.6 Å². The monoisotopic (exact) mass is 346 g/mol. The molecule has 124 valence electrons. The summed E-state index contributed by atoms with van der Waals surface area (Å²) in [5.41, 5.74) is 3.82. The fraction of sp³-hybridized carbons (Fsp3) is 0.100. The molecule has 0 saturated carbocycles. The predicted molar refractivity (Wildman–Crippen MR) is 89.5 cm³/mol. The second kappa shape index (κ2) is 9.04. The van der Waals surface area contributed by atoms with Crippen molar-refractivity contribution in [1.82, 2.24) is 0 Å². The van der Waals surface area contributed by atoms with Gasteiger partial charge in [-0.2, -0.15) is 12.1 Å². The van der Waals surface area contributed by atoms with Crippen LogP contribution in [0, 0.1) is 0 Å². The van der Waals surface area contributed by atoms with E-state index in [2.05, 4.69) is 0 Å². The molecular formula is C20H18FeO2-6. The molecule has 0 unspecified atom stereocenters. The van der Waals surface area contributed by atoms with Gasteiger partial charge in [-0.1, -0.05) is 17.7 Å². The van der Waals surface area contributed by atoms with Crippen molar-refractivity contribution in [2.45, 2.75) is 13.8 Å². The summed E-state index contributed by atoms with van der Waals surface area (Å²) in [6.45, 7) is 3.15. The summed E-state index contributed by atoms with van der Waals surface area (Å²) < 4.78 is 0. The average molecular weight is 346 g/mol. The van der Waals surface area contributed by atoms with E-state index in [1.165, 1.54) is 0 Å². The molecule has 2 nitrogen and oxygen atoms in total. The molecule has 3 heteroatoms. The molecule has 3 aromatic carbocycles. The number of Topliss-reactive ketones (excluding diaryl/α,β-unsaturated/α-hetero) is 2. The first-order valence-electron chi connectivity index (χ1n) is 7.13. The minimum Gasteiger partial charge on any atom is -0.718 e.